The molecular formula is C9H16N4O. The van der Waals surface area contributed by atoms with Crippen molar-refractivity contribution < 1.29 is 0 Å². The average Bonchev–Trinajstić information content (AvgIpc) is 2.52. The van der Waals surface area contributed by atoms with Crippen LogP contribution in [0.1, 0.15) is 38.4 Å². The molecule has 5 nitrogen and oxygen atoms in total. The molecule has 1 aromatic heterocycles. The highest BCUT2D eigenvalue weighted by Gasteiger charge is 2.35. The van der Waals surface area contributed by atoms with Crippen molar-refractivity contribution in [1.29, 1.82) is 0 Å². The van der Waals surface area contributed by atoms with E-state index in [-0.39, 0.29) is 5.69 Å². The lowest BCUT2D eigenvalue weighted by Crippen LogP contribution is -2.42. The summed E-state index contributed by atoms with van der Waals surface area (Å²) < 4.78 is 0. The molecule has 0 spiro atoms. The zero-order valence-corrected chi connectivity index (χ0v) is 8.34. The van der Waals surface area contributed by atoms with Gasteiger partial charge in [-0.15, -0.1) is 0 Å². The Hall–Kier alpha value is -1.10. The van der Waals surface area contributed by atoms with Gasteiger partial charge in [-0.3, -0.25) is 4.98 Å². The largest absolute Gasteiger partial charge is 0.340 e. The van der Waals surface area contributed by atoms with Gasteiger partial charge < -0.3 is 5.73 Å². The maximum absolute atomic E-state index is 10.9. The smallest absolute Gasteiger partial charge is 0.319 e. The maximum atomic E-state index is 10.9. The minimum atomic E-state index is -0.434. The van der Waals surface area contributed by atoms with E-state index < -0.39 is 5.54 Å². The Kier molecular flexibility index (Phi) is 2.19. The van der Waals surface area contributed by atoms with E-state index in [4.69, 9.17) is 5.73 Å². The Morgan fingerprint density at radius 3 is 3.00 bits per heavy atom. The van der Waals surface area contributed by atoms with Gasteiger partial charge in [-0.2, -0.15) is 5.10 Å². The molecule has 0 radical (unpaired) electrons. The highest BCUT2D eigenvalue weighted by Crippen LogP contribution is 2.35. The van der Waals surface area contributed by atoms with Crippen LogP contribution in [-0.4, -0.2) is 15.2 Å². The third kappa shape index (κ3) is 1.59. The summed E-state index contributed by atoms with van der Waals surface area (Å²) in [5, 5.41) is 6.29. The van der Waals surface area contributed by atoms with Crippen molar-refractivity contribution >= 4 is 0 Å². The van der Waals surface area contributed by atoms with Crippen molar-refractivity contribution in [3.8, 4) is 0 Å². The molecule has 2 atom stereocenters. The van der Waals surface area contributed by atoms with Crippen LogP contribution in [0.3, 0.4) is 0 Å². The lowest BCUT2D eigenvalue weighted by molar-refractivity contribution is 0.228. The summed E-state index contributed by atoms with van der Waals surface area (Å²) in [4.78, 5) is 13.6. The molecule has 1 heterocycles. The molecule has 0 amide bonds. The van der Waals surface area contributed by atoms with Crippen molar-refractivity contribution in [1.82, 2.24) is 15.2 Å². The van der Waals surface area contributed by atoms with Crippen LogP contribution in [0.5, 0.6) is 0 Å². The summed E-state index contributed by atoms with van der Waals surface area (Å²) in [6.45, 7) is 2.19. The fourth-order valence-electron chi connectivity index (χ4n) is 2.31. The molecule has 1 aromatic rings. The van der Waals surface area contributed by atoms with Gasteiger partial charge in [0.1, 0.15) is 0 Å². The Labute approximate surface area is 82.1 Å². The van der Waals surface area contributed by atoms with Gasteiger partial charge in [0.2, 0.25) is 0 Å². The first kappa shape index (κ1) is 9.45. The van der Waals surface area contributed by atoms with Crippen LogP contribution in [0.4, 0.5) is 0 Å². The van der Waals surface area contributed by atoms with Gasteiger partial charge in [0.15, 0.2) is 5.82 Å². The fourth-order valence-corrected chi connectivity index (χ4v) is 2.31. The van der Waals surface area contributed by atoms with Crippen LogP contribution in [0, 0.1) is 5.92 Å². The first-order valence-corrected chi connectivity index (χ1v) is 5.04. The second-order valence-electron chi connectivity index (χ2n) is 4.38. The van der Waals surface area contributed by atoms with Gasteiger partial charge in [0.25, 0.3) is 0 Å². The normalized spacial score (nSPS) is 33.1. The molecule has 4 N–H and O–H groups in total. The van der Waals surface area contributed by atoms with Gasteiger partial charge in [-0.05, 0) is 18.8 Å². The van der Waals surface area contributed by atoms with E-state index in [9.17, 15) is 4.79 Å². The van der Waals surface area contributed by atoms with E-state index in [1.54, 1.807) is 0 Å². The highest BCUT2D eigenvalue weighted by molar-refractivity contribution is 5.04. The second kappa shape index (κ2) is 3.24. The lowest BCUT2D eigenvalue weighted by Gasteiger charge is -2.34. The minimum Gasteiger partial charge on any atom is -0.319 e. The Morgan fingerprint density at radius 2 is 2.43 bits per heavy atom. The molecule has 2 unspecified atom stereocenters. The predicted molar refractivity (Wildman–Crippen MR) is 52.7 cm³/mol. The summed E-state index contributed by atoms with van der Waals surface area (Å²) in [5.74, 6) is 1.21. The predicted octanol–water partition coefficient (Wildman–Crippen LogP) is 0.462. The summed E-state index contributed by atoms with van der Waals surface area (Å²) in [7, 11) is 0. The number of nitrogens with two attached hydrogens (primary N) is 1. The molecular weight excluding hydrogens is 180 g/mol. The SMILES string of the molecule is CC1CCCC(N)(c2n[nH]c(=O)[nH]2)C1. The van der Waals surface area contributed by atoms with Crippen LogP contribution in [0.15, 0.2) is 4.79 Å². The van der Waals surface area contributed by atoms with E-state index in [2.05, 4.69) is 22.1 Å². The Morgan fingerprint density at radius 1 is 1.64 bits per heavy atom. The van der Waals surface area contributed by atoms with Gasteiger partial charge in [0.05, 0.1) is 5.54 Å². The molecule has 1 fully saturated rings. The topological polar surface area (TPSA) is 87.6 Å². The molecule has 0 aliphatic heterocycles. The van der Waals surface area contributed by atoms with Crippen molar-refractivity contribution in [2.75, 3.05) is 0 Å². The lowest BCUT2D eigenvalue weighted by atomic mass is 9.76. The van der Waals surface area contributed by atoms with Crippen LogP contribution in [-0.2, 0) is 5.54 Å². The van der Waals surface area contributed by atoms with E-state index in [0.717, 1.165) is 19.3 Å². The maximum Gasteiger partial charge on any atom is 0.340 e. The monoisotopic (exact) mass is 196 g/mol. The summed E-state index contributed by atoms with van der Waals surface area (Å²) in [5.41, 5.74) is 5.52. The number of rotatable bonds is 1. The first-order chi connectivity index (χ1) is 6.60. The zero-order valence-electron chi connectivity index (χ0n) is 8.34. The average molecular weight is 196 g/mol. The molecule has 1 aliphatic carbocycles. The quantitative estimate of drug-likeness (QED) is 0.609. The van der Waals surface area contributed by atoms with Crippen molar-refractivity contribution in [2.24, 2.45) is 11.7 Å². The van der Waals surface area contributed by atoms with Gasteiger partial charge in [-0.25, -0.2) is 9.89 Å². The number of nitrogens with zero attached hydrogens (tertiary/aromatic N) is 1. The van der Waals surface area contributed by atoms with Crippen LogP contribution in [0.2, 0.25) is 0 Å². The van der Waals surface area contributed by atoms with Crippen LogP contribution < -0.4 is 11.4 Å². The number of hydrogen-bond donors (Lipinski definition) is 3. The highest BCUT2D eigenvalue weighted by atomic mass is 16.1. The zero-order chi connectivity index (χ0) is 10.2. The minimum absolute atomic E-state index is 0.275. The van der Waals surface area contributed by atoms with E-state index >= 15 is 0 Å². The molecule has 2 rings (SSSR count). The fraction of sp³-hybridized carbons (Fsp3) is 0.778. The van der Waals surface area contributed by atoms with Crippen LogP contribution >= 0.6 is 0 Å². The third-order valence-electron chi connectivity index (χ3n) is 3.01. The van der Waals surface area contributed by atoms with Gasteiger partial charge in [0, 0.05) is 0 Å². The molecule has 1 saturated carbocycles. The van der Waals surface area contributed by atoms with Crippen molar-refractivity contribution in [3.63, 3.8) is 0 Å². The second-order valence-corrected chi connectivity index (χ2v) is 4.38. The van der Waals surface area contributed by atoms with Crippen molar-refractivity contribution in [2.45, 2.75) is 38.1 Å². The Balaban J connectivity index is 2.26. The Bertz CT molecular complexity index is 369. The number of nitrogens with one attached hydrogen (secondary N) is 2. The standard InChI is InChI=1S/C9H16N4O/c1-6-3-2-4-9(10,5-6)7-11-8(14)13-12-7/h6H,2-5,10H2,1H3,(H2,11,12,13,14). The van der Waals surface area contributed by atoms with Crippen molar-refractivity contribution in [3.05, 3.63) is 16.3 Å². The summed E-state index contributed by atoms with van der Waals surface area (Å²) in [6, 6.07) is 0. The number of H-pyrrole nitrogens is 2. The summed E-state index contributed by atoms with van der Waals surface area (Å²) >= 11 is 0. The molecule has 78 valence electrons. The first-order valence-electron chi connectivity index (χ1n) is 5.04. The van der Waals surface area contributed by atoms with E-state index in [1.165, 1.54) is 6.42 Å². The molecule has 0 bridgehead atoms. The third-order valence-corrected chi connectivity index (χ3v) is 3.01. The molecule has 0 aromatic carbocycles. The van der Waals surface area contributed by atoms with Crippen LogP contribution in [0.25, 0.3) is 0 Å². The summed E-state index contributed by atoms with van der Waals surface area (Å²) in [6.07, 6.45) is 4.12. The number of aromatic amines is 2. The molecule has 1 aliphatic rings. The molecule has 0 saturated heterocycles. The molecule has 14 heavy (non-hydrogen) atoms. The van der Waals surface area contributed by atoms with E-state index in [1.807, 2.05) is 0 Å². The van der Waals surface area contributed by atoms with Gasteiger partial charge in [-0.1, -0.05) is 19.8 Å². The molecule has 5 heteroatoms. The van der Waals surface area contributed by atoms with Gasteiger partial charge >= 0.3 is 5.69 Å². The van der Waals surface area contributed by atoms with E-state index in [0.29, 0.717) is 11.7 Å². The number of hydrogen-bond acceptors (Lipinski definition) is 3. The number of aromatic nitrogens is 3.